The Hall–Kier alpha value is -1.82. The summed E-state index contributed by atoms with van der Waals surface area (Å²) in [6.07, 6.45) is 2.36. The average Bonchev–Trinajstić information content (AvgIpc) is 3.16. The van der Waals surface area contributed by atoms with E-state index in [-0.39, 0.29) is 5.69 Å². The van der Waals surface area contributed by atoms with Gasteiger partial charge >= 0.3 is 5.69 Å². The molecule has 1 saturated carbocycles. The molecule has 19 heavy (non-hydrogen) atoms. The Balaban J connectivity index is 2.19. The Kier molecular flexibility index (Phi) is 3.61. The fourth-order valence-corrected chi connectivity index (χ4v) is 2.39. The SMILES string of the molecule is CC(C)C1(CNc2cccc(NN)c2[N+](=O)[O-])CC1. The Morgan fingerprint density at radius 1 is 1.42 bits per heavy atom. The smallest absolute Gasteiger partial charge is 0.316 e. The molecule has 6 heteroatoms. The van der Waals surface area contributed by atoms with Crippen molar-refractivity contribution in [2.75, 3.05) is 17.3 Å². The Morgan fingerprint density at radius 2 is 2.05 bits per heavy atom. The molecule has 0 amide bonds. The molecular weight excluding hydrogens is 244 g/mol. The number of anilines is 2. The summed E-state index contributed by atoms with van der Waals surface area (Å²) in [4.78, 5) is 10.7. The minimum Gasteiger partial charge on any atom is -0.379 e. The third kappa shape index (κ3) is 2.63. The summed E-state index contributed by atoms with van der Waals surface area (Å²) in [6.45, 7) is 5.15. The molecule has 0 heterocycles. The van der Waals surface area contributed by atoms with Gasteiger partial charge in [0.05, 0.1) is 4.92 Å². The molecule has 0 atom stereocenters. The van der Waals surface area contributed by atoms with E-state index in [0.717, 1.165) is 6.54 Å². The topological polar surface area (TPSA) is 93.2 Å². The van der Waals surface area contributed by atoms with Crippen LogP contribution in [0.3, 0.4) is 0 Å². The van der Waals surface area contributed by atoms with Crippen LogP contribution in [0.15, 0.2) is 18.2 Å². The predicted molar refractivity (Wildman–Crippen MR) is 75.9 cm³/mol. The highest BCUT2D eigenvalue weighted by molar-refractivity contribution is 5.75. The largest absolute Gasteiger partial charge is 0.379 e. The monoisotopic (exact) mass is 264 g/mol. The van der Waals surface area contributed by atoms with Gasteiger partial charge in [0.1, 0.15) is 11.4 Å². The number of nitrogen functional groups attached to an aromatic ring is 1. The van der Waals surface area contributed by atoms with Crippen LogP contribution in [0.1, 0.15) is 26.7 Å². The molecule has 0 radical (unpaired) electrons. The Bertz CT molecular complexity index is 484. The van der Waals surface area contributed by atoms with Crippen molar-refractivity contribution in [1.82, 2.24) is 0 Å². The maximum atomic E-state index is 11.1. The summed E-state index contributed by atoms with van der Waals surface area (Å²) in [5, 5.41) is 14.4. The first-order valence-corrected chi connectivity index (χ1v) is 6.48. The fourth-order valence-electron chi connectivity index (χ4n) is 2.39. The summed E-state index contributed by atoms with van der Waals surface area (Å²) in [6, 6.07) is 5.06. The van der Waals surface area contributed by atoms with Gasteiger partial charge < -0.3 is 10.7 Å². The van der Waals surface area contributed by atoms with E-state index >= 15 is 0 Å². The van der Waals surface area contributed by atoms with E-state index in [4.69, 9.17) is 5.84 Å². The fraction of sp³-hybridized carbons (Fsp3) is 0.538. The molecule has 0 spiro atoms. The summed E-state index contributed by atoms with van der Waals surface area (Å²) in [5.74, 6) is 5.90. The molecule has 4 N–H and O–H groups in total. The van der Waals surface area contributed by atoms with Crippen LogP contribution in [0.25, 0.3) is 0 Å². The van der Waals surface area contributed by atoms with Crippen molar-refractivity contribution >= 4 is 17.1 Å². The van der Waals surface area contributed by atoms with E-state index < -0.39 is 4.92 Å². The molecule has 1 aromatic carbocycles. The summed E-state index contributed by atoms with van der Waals surface area (Å²) < 4.78 is 0. The molecule has 1 aromatic rings. The number of rotatable bonds is 6. The molecule has 1 aliphatic carbocycles. The number of hydrazine groups is 1. The molecular formula is C13H20N4O2. The van der Waals surface area contributed by atoms with Gasteiger partial charge in [0.25, 0.3) is 0 Å². The first kappa shape index (κ1) is 13.6. The van der Waals surface area contributed by atoms with Gasteiger partial charge in [-0.25, -0.2) is 0 Å². The number of nitro groups is 1. The van der Waals surface area contributed by atoms with Gasteiger partial charge in [-0.2, -0.15) is 0 Å². The van der Waals surface area contributed by atoms with Crippen LogP contribution < -0.4 is 16.6 Å². The Labute approximate surface area is 112 Å². The third-order valence-electron chi connectivity index (χ3n) is 4.12. The summed E-state index contributed by atoms with van der Waals surface area (Å²) in [7, 11) is 0. The van der Waals surface area contributed by atoms with E-state index in [1.165, 1.54) is 12.8 Å². The lowest BCUT2D eigenvalue weighted by atomic mass is 9.92. The first-order chi connectivity index (χ1) is 9.00. The van der Waals surface area contributed by atoms with Crippen LogP contribution in [0.4, 0.5) is 17.1 Å². The van der Waals surface area contributed by atoms with Crippen LogP contribution in [0, 0.1) is 21.4 Å². The van der Waals surface area contributed by atoms with Gasteiger partial charge in [-0.3, -0.25) is 16.0 Å². The van der Waals surface area contributed by atoms with Crippen molar-refractivity contribution < 1.29 is 4.92 Å². The quantitative estimate of drug-likeness (QED) is 0.417. The standard InChI is InChI=1S/C13H20N4O2/c1-9(2)13(6-7-13)8-15-10-4-3-5-11(16-14)12(10)17(18)19/h3-5,9,15-16H,6-8,14H2,1-2H3. The minimum absolute atomic E-state index is 0.00422. The second kappa shape index (κ2) is 5.05. The lowest BCUT2D eigenvalue weighted by Gasteiger charge is -2.21. The molecule has 1 aliphatic rings. The van der Waals surface area contributed by atoms with E-state index in [0.29, 0.717) is 22.7 Å². The van der Waals surface area contributed by atoms with Crippen molar-refractivity contribution in [1.29, 1.82) is 0 Å². The zero-order valence-corrected chi connectivity index (χ0v) is 11.3. The molecule has 104 valence electrons. The Morgan fingerprint density at radius 3 is 2.53 bits per heavy atom. The van der Waals surface area contributed by atoms with Crippen molar-refractivity contribution in [3.05, 3.63) is 28.3 Å². The van der Waals surface area contributed by atoms with E-state index in [1.54, 1.807) is 18.2 Å². The summed E-state index contributed by atoms with van der Waals surface area (Å²) in [5.41, 5.74) is 3.51. The number of nitrogens with two attached hydrogens (primary N) is 1. The highest BCUT2D eigenvalue weighted by Gasteiger charge is 2.45. The molecule has 0 saturated heterocycles. The highest BCUT2D eigenvalue weighted by atomic mass is 16.6. The second-order valence-corrected chi connectivity index (χ2v) is 5.47. The zero-order chi connectivity index (χ0) is 14.0. The molecule has 6 nitrogen and oxygen atoms in total. The molecule has 0 unspecified atom stereocenters. The van der Waals surface area contributed by atoms with Crippen molar-refractivity contribution in [2.24, 2.45) is 17.2 Å². The molecule has 0 aliphatic heterocycles. The average molecular weight is 264 g/mol. The molecule has 2 rings (SSSR count). The first-order valence-electron chi connectivity index (χ1n) is 6.48. The van der Waals surface area contributed by atoms with Crippen molar-refractivity contribution in [3.8, 4) is 0 Å². The van der Waals surface area contributed by atoms with Crippen molar-refractivity contribution in [3.63, 3.8) is 0 Å². The van der Waals surface area contributed by atoms with Gasteiger partial charge in [-0.05, 0) is 36.3 Å². The molecule has 0 bridgehead atoms. The number of hydrogen-bond acceptors (Lipinski definition) is 5. The zero-order valence-electron chi connectivity index (χ0n) is 11.3. The third-order valence-corrected chi connectivity index (χ3v) is 4.12. The summed E-state index contributed by atoms with van der Waals surface area (Å²) >= 11 is 0. The lowest BCUT2D eigenvalue weighted by molar-refractivity contribution is -0.383. The van der Waals surface area contributed by atoms with Gasteiger partial charge in [0, 0.05) is 6.54 Å². The number of benzene rings is 1. The predicted octanol–water partition coefficient (Wildman–Crippen LogP) is 2.73. The van der Waals surface area contributed by atoms with E-state index in [9.17, 15) is 10.1 Å². The van der Waals surface area contributed by atoms with Crippen LogP contribution in [0.5, 0.6) is 0 Å². The van der Waals surface area contributed by atoms with Gasteiger partial charge in [-0.15, -0.1) is 0 Å². The van der Waals surface area contributed by atoms with Crippen molar-refractivity contribution in [2.45, 2.75) is 26.7 Å². The van der Waals surface area contributed by atoms with Crippen LogP contribution in [-0.4, -0.2) is 11.5 Å². The number of para-hydroxylation sites is 1. The van der Waals surface area contributed by atoms with Gasteiger partial charge in [0.2, 0.25) is 0 Å². The maximum absolute atomic E-state index is 11.1. The second-order valence-electron chi connectivity index (χ2n) is 5.47. The van der Waals surface area contributed by atoms with Crippen LogP contribution >= 0.6 is 0 Å². The molecule has 1 fully saturated rings. The van der Waals surface area contributed by atoms with Gasteiger partial charge in [-0.1, -0.05) is 19.9 Å². The van der Waals surface area contributed by atoms with Crippen LogP contribution in [-0.2, 0) is 0 Å². The van der Waals surface area contributed by atoms with E-state index in [1.807, 2.05) is 0 Å². The number of nitrogens with zero attached hydrogens (tertiary/aromatic N) is 1. The minimum atomic E-state index is -0.410. The number of nitrogens with one attached hydrogen (secondary N) is 2. The normalized spacial score (nSPS) is 16.2. The maximum Gasteiger partial charge on any atom is 0.316 e. The van der Waals surface area contributed by atoms with Crippen LogP contribution in [0.2, 0.25) is 0 Å². The highest BCUT2D eigenvalue weighted by Crippen LogP contribution is 2.52. The van der Waals surface area contributed by atoms with Gasteiger partial charge in [0.15, 0.2) is 0 Å². The molecule has 0 aromatic heterocycles. The van der Waals surface area contributed by atoms with E-state index in [2.05, 4.69) is 24.6 Å². The number of hydrogen-bond donors (Lipinski definition) is 3. The lowest BCUT2D eigenvalue weighted by Crippen LogP contribution is -2.21. The number of nitro benzene ring substituents is 1.